The molecule has 2 atom stereocenters. The lowest BCUT2D eigenvalue weighted by Gasteiger charge is -2.52. The molecule has 0 saturated heterocycles. The van der Waals surface area contributed by atoms with Gasteiger partial charge in [-0.2, -0.15) is 0 Å². The summed E-state index contributed by atoms with van der Waals surface area (Å²) in [5, 5.41) is 3.75. The minimum absolute atomic E-state index is 0.318. The number of hydrogen-bond donors (Lipinski definition) is 1. The Morgan fingerprint density at radius 1 is 1.29 bits per heavy atom. The fourth-order valence-corrected chi connectivity index (χ4v) is 2.83. The molecular weight excluding hydrogens is 210 g/mol. The molecule has 17 heavy (non-hydrogen) atoms. The molecular formula is C15H29NO. The Morgan fingerprint density at radius 2 is 2.00 bits per heavy atom. The first-order valence-corrected chi connectivity index (χ1v) is 7.35. The molecule has 1 N–H and O–H groups in total. The fourth-order valence-electron chi connectivity index (χ4n) is 2.83. The Hall–Kier alpha value is -0.0800. The second-order valence-electron chi connectivity index (χ2n) is 7.03. The van der Waals surface area contributed by atoms with Crippen molar-refractivity contribution in [3.8, 4) is 0 Å². The predicted molar refractivity (Wildman–Crippen MR) is 72.1 cm³/mol. The monoisotopic (exact) mass is 239 g/mol. The molecule has 0 aromatic heterocycles. The molecule has 2 unspecified atom stereocenters. The molecule has 2 fully saturated rings. The summed E-state index contributed by atoms with van der Waals surface area (Å²) in [7, 11) is 0. The van der Waals surface area contributed by atoms with E-state index in [1.807, 2.05) is 0 Å². The fraction of sp³-hybridized carbons (Fsp3) is 1.00. The van der Waals surface area contributed by atoms with Gasteiger partial charge in [-0.1, -0.05) is 34.1 Å². The second kappa shape index (κ2) is 5.27. The second-order valence-corrected chi connectivity index (χ2v) is 7.03. The molecule has 0 radical (unpaired) electrons. The highest BCUT2D eigenvalue weighted by Gasteiger charge is 2.48. The summed E-state index contributed by atoms with van der Waals surface area (Å²) < 4.78 is 5.99. The maximum atomic E-state index is 5.99. The van der Waals surface area contributed by atoms with Crippen LogP contribution in [-0.4, -0.2) is 25.3 Å². The van der Waals surface area contributed by atoms with Crippen LogP contribution in [-0.2, 0) is 4.74 Å². The van der Waals surface area contributed by atoms with E-state index in [0.29, 0.717) is 23.5 Å². The molecule has 2 aliphatic rings. The molecule has 0 bridgehead atoms. The number of nitrogens with one attached hydrogen (secondary N) is 1. The highest BCUT2D eigenvalue weighted by Crippen LogP contribution is 2.43. The lowest BCUT2D eigenvalue weighted by atomic mass is 9.64. The van der Waals surface area contributed by atoms with Gasteiger partial charge in [0.2, 0.25) is 0 Å². The van der Waals surface area contributed by atoms with Gasteiger partial charge in [0.25, 0.3) is 0 Å². The predicted octanol–water partition coefficient (Wildman–Crippen LogP) is 3.22. The molecule has 100 valence electrons. The summed E-state index contributed by atoms with van der Waals surface area (Å²) >= 11 is 0. The van der Waals surface area contributed by atoms with Crippen molar-refractivity contribution in [2.24, 2.45) is 17.3 Å². The molecule has 0 amide bonds. The van der Waals surface area contributed by atoms with Gasteiger partial charge in [0.05, 0.1) is 6.10 Å². The first kappa shape index (κ1) is 13.4. The third kappa shape index (κ3) is 3.03. The van der Waals surface area contributed by atoms with E-state index in [0.717, 1.165) is 12.5 Å². The van der Waals surface area contributed by atoms with Gasteiger partial charge in [-0.15, -0.1) is 0 Å². The van der Waals surface area contributed by atoms with Crippen molar-refractivity contribution >= 4 is 0 Å². The van der Waals surface area contributed by atoms with Crippen molar-refractivity contribution in [1.29, 1.82) is 0 Å². The van der Waals surface area contributed by atoms with E-state index in [1.54, 1.807) is 0 Å². The van der Waals surface area contributed by atoms with Crippen LogP contribution in [0, 0.1) is 17.3 Å². The van der Waals surface area contributed by atoms with Crippen molar-refractivity contribution in [2.45, 2.75) is 65.5 Å². The minimum Gasteiger partial charge on any atom is -0.377 e. The van der Waals surface area contributed by atoms with Gasteiger partial charge in [0.15, 0.2) is 0 Å². The zero-order chi connectivity index (χ0) is 12.5. The average Bonchev–Trinajstić information content (AvgIpc) is 2.17. The van der Waals surface area contributed by atoms with Gasteiger partial charge in [0.1, 0.15) is 0 Å². The van der Waals surface area contributed by atoms with Crippen LogP contribution in [0.2, 0.25) is 0 Å². The van der Waals surface area contributed by atoms with E-state index in [-0.39, 0.29) is 0 Å². The summed E-state index contributed by atoms with van der Waals surface area (Å²) in [6, 6.07) is 0.667. The topological polar surface area (TPSA) is 21.3 Å². The van der Waals surface area contributed by atoms with E-state index in [4.69, 9.17) is 4.74 Å². The van der Waals surface area contributed by atoms with E-state index in [2.05, 4.69) is 33.0 Å². The number of ether oxygens (including phenoxy) is 1. The third-order valence-corrected chi connectivity index (χ3v) is 4.69. The molecule has 0 heterocycles. The first-order valence-electron chi connectivity index (χ1n) is 7.35. The molecule has 2 aliphatic carbocycles. The molecule has 0 aromatic rings. The lowest BCUT2D eigenvalue weighted by Crippen LogP contribution is -2.61. The molecule has 2 heteroatoms. The van der Waals surface area contributed by atoms with E-state index in [1.165, 1.54) is 32.2 Å². The van der Waals surface area contributed by atoms with Gasteiger partial charge >= 0.3 is 0 Å². The van der Waals surface area contributed by atoms with Crippen LogP contribution >= 0.6 is 0 Å². The van der Waals surface area contributed by atoms with Crippen LogP contribution in [0.15, 0.2) is 0 Å². The maximum Gasteiger partial charge on any atom is 0.0656 e. The van der Waals surface area contributed by atoms with Crippen molar-refractivity contribution < 1.29 is 4.74 Å². The lowest BCUT2D eigenvalue weighted by molar-refractivity contribution is -0.124. The van der Waals surface area contributed by atoms with E-state index >= 15 is 0 Å². The van der Waals surface area contributed by atoms with Crippen LogP contribution < -0.4 is 5.32 Å². The quantitative estimate of drug-likeness (QED) is 0.768. The molecule has 2 rings (SSSR count). The Kier molecular flexibility index (Phi) is 4.14. The summed E-state index contributed by atoms with van der Waals surface area (Å²) in [5.74, 6) is 1.61. The maximum absolute atomic E-state index is 5.99. The molecule has 2 nitrogen and oxygen atoms in total. The highest BCUT2D eigenvalue weighted by molar-refractivity contribution is 5.03. The Labute approximate surface area is 107 Å². The first-order chi connectivity index (χ1) is 8.00. The van der Waals surface area contributed by atoms with Gasteiger partial charge in [0, 0.05) is 18.1 Å². The standard InChI is InChI=1S/C15H29NO/c1-11(2)10-17-14-8-13(15(14,3)4)16-9-12-6-5-7-12/h11-14,16H,5-10H2,1-4H3. The Balaban J connectivity index is 1.68. The van der Waals surface area contributed by atoms with Crippen molar-refractivity contribution in [2.75, 3.05) is 13.2 Å². The minimum atomic E-state index is 0.318. The molecule has 0 spiro atoms. The zero-order valence-electron chi connectivity index (χ0n) is 12.0. The summed E-state index contributed by atoms with van der Waals surface area (Å²) in [6.45, 7) is 11.3. The highest BCUT2D eigenvalue weighted by atomic mass is 16.5. The average molecular weight is 239 g/mol. The SMILES string of the molecule is CC(C)COC1CC(NCC2CCC2)C1(C)C. The molecule has 0 aliphatic heterocycles. The largest absolute Gasteiger partial charge is 0.377 e. The van der Waals surface area contributed by atoms with Gasteiger partial charge in [-0.3, -0.25) is 0 Å². The van der Waals surface area contributed by atoms with Crippen LogP contribution in [0.3, 0.4) is 0 Å². The zero-order valence-corrected chi connectivity index (χ0v) is 12.0. The number of hydrogen-bond acceptors (Lipinski definition) is 2. The Bertz CT molecular complexity index is 245. The van der Waals surface area contributed by atoms with Crippen molar-refractivity contribution in [3.05, 3.63) is 0 Å². The Morgan fingerprint density at radius 3 is 2.47 bits per heavy atom. The summed E-state index contributed by atoms with van der Waals surface area (Å²) in [4.78, 5) is 0. The van der Waals surface area contributed by atoms with Crippen molar-refractivity contribution in [1.82, 2.24) is 5.32 Å². The smallest absolute Gasteiger partial charge is 0.0656 e. The summed E-state index contributed by atoms with van der Waals surface area (Å²) in [5.41, 5.74) is 0.318. The molecule has 2 saturated carbocycles. The summed E-state index contributed by atoms with van der Waals surface area (Å²) in [6.07, 6.45) is 5.98. The van der Waals surface area contributed by atoms with Crippen molar-refractivity contribution in [3.63, 3.8) is 0 Å². The van der Waals surface area contributed by atoms with Crippen LogP contribution in [0.5, 0.6) is 0 Å². The van der Waals surface area contributed by atoms with E-state index in [9.17, 15) is 0 Å². The molecule has 0 aromatic carbocycles. The third-order valence-electron chi connectivity index (χ3n) is 4.69. The number of rotatable bonds is 6. The van der Waals surface area contributed by atoms with Gasteiger partial charge in [-0.25, -0.2) is 0 Å². The van der Waals surface area contributed by atoms with Gasteiger partial charge < -0.3 is 10.1 Å². The van der Waals surface area contributed by atoms with Crippen LogP contribution in [0.4, 0.5) is 0 Å². The van der Waals surface area contributed by atoms with E-state index < -0.39 is 0 Å². The van der Waals surface area contributed by atoms with Crippen LogP contribution in [0.25, 0.3) is 0 Å². The normalized spacial score (nSPS) is 32.3. The van der Waals surface area contributed by atoms with Crippen LogP contribution in [0.1, 0.15) is 53.4 Å². The van der Waals surface area contributed by atoms with Gasteiger partial charge in [-0.05, 0) is 37.6 Å².